The number of pyridine rings is 1. The minimum Gasteiger partial charge on any atom is -0.465 e. The predicted octanol–water partition coefficient (Wildman–Crippen LogP) is 1.38. The van der Waals surface area contributed by atoms with Crippen LogP contribution in [0.25, 0.3) is 6.08 Å². The lowest BCUT2D eigenvalue weighted by Gasteiger charge is -1.95. The highest BCUT2D eigenvalue weighted by atomic mass is 16.3. The molecule has 2 aromatic heterocycles. The number of allylic oxidation sites excluding steroid dienone is 1. The highest BCUT2D eigenvalue weighted by Gasteiger charge is 2.05. The van der Waals surface area contributed by atoms with E-state index in [0.29, 0.717) is 0 Å². The molecule has 0 aliphatic rings. The van der Waals surface area contributed by atoms with E-state index in [4.69, 9.17) is 4.42 Å². The maximum Gasteiger partial charge on any atom is 0.305 e. The van der Waals surface area contributed by atoms with E-state index in [2.05, 4.69) is 10.5 Å². The molecular weight excluding hydrogens is 242 g/mol. The molecule has 0 aliphatic carbocycles. The molecule has 0 saturated heterocycles. The van der Waals surface area contributed by atoms with E-state index in [9.17, 15) is 4.79 Å². The maximum absolute atomic E-state index is 11.5. The summed E-state index contributed by atoms with van der Waals surface area (Å²) in [5.41, 5.74) is 2.44. The zero-order chi connectivity index (χ0) is 13.3. The van der Waals surface area contributed by atoms with Gasteiger partial charge in [-0.15, -0.1) is 0 Å². The summed E-state index contributed by atoms with van der Waals surface area (Å²) in [5, 5.41) is 3.80. The number of furan rings is 1. The summed E-state index contributed by atoms with van der Waals surface area (Å²) in [5.74, 6) is 0.552. The molecule has 0 spiro atoms. The van der Waals surface area contributed by atoms with Crippen molar-refractivity contribution in [1.82, 2.24) is 5.43 Å². The third kappa shape index (κ3) is 4.59. The molecule has 0 bridgehead atoms. The lowest BCUT2D eigenvalue weighted by atomic mass is 10.4. The van der Waals surface area contributed by atoms with E-state index in [-0.39, 0.29) is 12.5 Å². The Bertz CT molecular complexity index is 560. The Labute approximate surface area is 110 Å². The monoisotopic (exact) mass is 256 g/mol. The predicted molar refractivity (Wildman–Crippen MR) is 71.0 cm³/mol. The van der Waals surface area contributed by atoms with Crippen molar-refractivity contribution in [2.24, 2.45) is 5.10 Å². The molecule has 0 atom stereocenters. The summed E-state index contributed by atoms with van der Waals surface area (Å²) in [6, 6.07) is 9.25. The molecule has 0 fully saturated rings. The molecule has 96 valence electrons. The van der Waals surface area contributed by atoms with Crippen LogP contribution in [0.1, 0.15) is 5.76 Å². The fourth-order valence-electron chi connectivity index (χ4n) is 1.42. The van der Waals surface area contributed by atoms with E-state index in [1.165, 1.54) is 6.21 Å². The number of nitrogens with zero attached hydrogens (tertiary/aromatic N) is 2. The van der Waals surface area contributed by atoms with Crippen molar-refractivity contribution in [3.05, 3.63) is 60.8 Å². The van der Waals surface area contributed by atoms with E-state index in [0.717, 1.165) is 5.76 Å². The fraction of sp³-hybridized carbons (Fsp3) is 0.0714. The van der Waals surface area contributed by atoms with Gasteiger partial charge in [0.2, 0.25) is 6.54 Å². The molecule has 2 rings (SSSR count). The Kier molecular flexibility index (Phi) is 4.64. The third-order valence-corrected chi connectivity index (χ3v) is 2.26. The molecule has 5 heteroatoms. The van der Waals surface area contributed by atoms with E-state index in [1.807, 2.05) is 36.7 Å². The average Bonchev–Trinajstić information content (AvgIpc) is 2.92. The van der Waals surface area contributed by atoms with Crippen LogP contribution in [-0.4, -0.2) is 12.1 Å². The second kappa shape index (κ2) is 6.90. The number of hydrazone groups is 1. The summed E-state index contributed by atoms with van der Waals surface area (Å²) in [4.78, 5) is 11.5. The molecule has 0 unspecified atom stereocenters. The molecule has 0 saturated carbocycles. The van der Waals surface area contributed by atoms with Crippen LogP contribution in [-0.2, 0) is 11.3 Å². The summed E-state index contributed by atoms with van der Waals surface area (Å²) < 4.78 is 6.87. The van der Waals surface area contributed by atoms with Crippen LogP contribution in [0.5, 0.6) is 0 Å². The SMILES string of the molecule is O=C(C[n+]1ccccc1)N/N=C/C=Cc1ccco1. The second-order valence-corrected chi connectivity index (χ2v) is 3.74. The van der Waals surface area contributed by atoms with Gasteiger partial charge >= 0.3 is 5.91 Å². The number of rotatable bonds is 5. The van der Waals surface area contributed by atoms with E-state index >= 15 is 0 Å². The minimum atomic E-state index is -0.182. The quantitative estimate of drug-likeness (QED) is 0.499. The number of carbonyl (C=O) groups is 1. The van der Waals surface area contributed by atoms with Gasteiger partial charge in [0.05, 0.1) is 6.26 Å². The Morgan fingerprint density at radius 3 is 2.89 bits per heavy atom. The molecule has 2 aromatic rings. The van der Waals surface area contributed by atoms with Crippen molar-refractivity contribution in [2.45, 2.75) is 6.54 Å². The zero-order valence-corrected chi connectivity index (χ0v) is 10.3. The van der Waals surface area contributed by atoms with Crippen molar-refractivity contribution in [3.8, 4) is 0 Å². The lowest BCUT2D eigenvalue weighted by Crippen LogP contribution is -2.40. The van der Waals surface area contributed by atoms with Gasteiger partial charge in [-0.05, 0) is 24.3 Å². The first-order valence-corrected chi connectivity index (χ1v) is 5.81. The normalized spacial score (nSPS) is 11.2. The first-order chi connectivity index (χ1) is 9.34. The summed E-state index contributed by atoms with van der Waals surface area (Å²) in [7, 11) is 0. The van der Waals surface area contributed by atoms with Crippen molar-refractivity contribution in [2.75, 3.05) is 0 Å². The number of hydrogen-bond donors (Lipinski definition) is 1. The number of nitrogens with one attached hydrogen (secondary N) is 1. The van der Waals surface area contributed by atoms with Gasteiger partial charge in [-0.3, -0.25) is 4.79 Å². The highest BCUT2D eigenvalue weighted by Crippen LogP contribution is 2.00. The van der Waals surface area contributed by atoms with Crippen molar-refractivity contribution in [3.63, 3.8) is 0 Å². The summed E-state index contributed by atoms with van der Waals surface area (Å²) >= 11 is 0. The third-order valence-electron chi connectivity index (χ3n) is 2.26. The summed E-state index contributed by atoms with van der Waals surface area (Å²) in [6.45, 7) is 0.236. The van der Waals surface area contributed by atoms with Gasteiger partial charge in [0, 0.05) is 18.3 Å². The molecule has 2 heterocycles. The largest absolute Gasteiger partial charge is 0.465 e. The Morgan fingerprint density at radius 2 is 2.16 bits per heavy atom. The van der Waals surface area contributed by atoms with Crippen molar-refractivity contribution in [1.29, 1.82) is 0 Å². The van der Waals surface area contributed by atoms with Gasteiger partial charge in [-0.1, -0.05) is 6.07 Å². The van der Waals surface area contributed by atoms with Crippen LogP contribution < -0.4 is 9.99 Å². The standard InChI is InChI=1S/C14H13N3O2/c18-14(12-17-9-2-1-3-10-17)16-15-8-4-6-13-7-5-11-19-13/h1-11H,12H2/p+1/b6-4?,15-8+. The van der Waals surface area contributed by atoms with Crippen LogP contribution in [0.15, 0.2) is 64.6 Å². The van der Waals surface area contributed by atoms with E-state index < -0.39 is 0 Å². The van der Waals surface area contributed by atoms with Crippen LogP contribution in [0.3, 0.4) is 0 Å². The topological polar surface area (TPSA) is 58.5 Å². The molecule has 19 heavy (non-hydrogen) atoms. The van der Waals surface area contributed by atoms with Gasteiger partial charge in [-0.2, -0.15) is 9.67 Å². The van der Waals surface area contributed by atoms with Crippen molar-refractivity contribution >= 4 is 18.2 Å². The highest BCUT2D eigenvalue weighted by molar-refractivity contribution is 5.80. The van der Waals surface area contributed by atoms with Crippen LogP contribution in [0, 0.1) is 0 Å². The number of amides is 1. The molecule has 5 nitrogen and oxygen atoms in total. The number of hydrogen-bond acceptors (Lipinski definition) is 3. The minimum absolute atomic E-state index is 0.182. The Balaban J connectivity index is 1.74. The molecule has 0 aliphatic heterocycles. The fourth-order valence-corrected chi connectivity index (χ4v) is 1.42. The molecule has 1 amide bonds. The smallest absolute Gasteiger partial charge is 0.305 e. The molecule has 1 N–H and O–H groups in total. The first kappa shape index (κ1) is 12.8. The molecule has 0 radical (unpaired) electrons. The van der Waals surface area contributed by atoms with Gasteiger partial charge < -0.3 is 4.42 Å². The van der Waals surface area contributed by atoms with Gasteiger partial charge in [0.25, 0.3) is 0 Å². The van der Waals surface area contributed by atoms with Crippen LogP contribution in [0.4, 0.5) is 0 Å². The van der Waals surface area contributed by atoms with Crippen molar-refractivity contribution < 1.29 is 13.8 Å². The Morgan fingerprint density at radius 1 is 1.32 bits per heavy atom. The first-order valence-electron chi connectivity index (χ1n) is 5.81. The van der Waals surface area contributed by atoms with Crippen LogP contribution in [0.2, 0.25) is 0 Å². The molecular formula is C14H14N3O2+. The average molecular weight is 256 g/mol. The zero-order valence-electron chi connectivity index (χ0n) is 10.3. The lowest BCUT2D eigenvalue weighted by molar-refractivity contribution is -0.684. The van der Waals surface area contributed by atoms with Crippen LogP contribution >= 0.6 is 0 Å². The van der Waals surface area contributed by atoms with Gasteiger partial charge in [0.15, 0.2) is 12.4 Å². The van der Waals surface area contributed by atoms with E-state index in [1.54, 1.807) is 29.0 Å². The van der Waals surface area contributed by atoms with Gasteiger partial charge in [-0.25, -0.2) is 5.43 Å². The number of aromatic nitrogens is 1. The Hall–Kier alpha value is -2.69. The second-order valence-electron chi connectivity index (χ2n) is 3.74. The summed E-state index contributed by atoms with van der Waals surface area (Å²) in [6.07, 6.45) is 10.2. The number of carbonyl (C=O) groups excluding carboxylic acids is 1. The van der Waals surface area contributed by atoms with Gasteiger partial charge in [0.1, 0.15) is 5.76 Å². The molecule has 0 aromatic carbocycles. The maximum atomic E-state index is 11.5.